The third kappa shape index (κ3) is 5.46. The molecule has 2 saturated heterocycles. The number of hydrogen-bond donors (Lipinski definition) is 2. The Morgan fingerprint density at radius 3 is 2.28 bits per heavy atom. The van der Waals surface area contributed by atoms with Crippen LogP contribution >= 0.6 is 0 Å². The van der Waals surface area contributed by atoms with Gasteiger partial charge < -0.3 is 20.2 Å². The summed E-state index contributed by atoms with van der Waals surface area (Å²) in [6, 6.07) is 4.14. The highest BCUT2D eigenvalue weighted by molar-refractivity contribution is 5.80. The van der Waals surface area contributed by atoms with Crippen LogP contribution < -0.4 is 10.2 Å². The van der Waals surface area contributed by atoms with E-state index in [9.17, 15) is 14.4 Å². The van der Waals surface area contributed by atoms with Gasteiger partial charge in [0, 0.05) is 68.1 Å². The van der Waals surface area contributed by atoms with E-state index in [2.05, 4.69) is 27.3 Å². The van der Waals surface area contributed by atoms with Crippen LogP contribution in [0.1, 0.15) is 49.9 Å². The van der Waals surface area contributed by atoms with Crippen molar-refractivity contribution in [3.8, 4) is 0 Å². The number of anilines is 1. The van der Waals surface area contributed by atoms with Gasteiger partial charge in [0.25, 0.3) is 0 Å². The maximum Gasteiger partial charge on any atom is 0.303 e. The van der Waals surface area contributed by atoms with Crippen molar-refractivity contribution in [3.05, 3.63) is 23.5 Å². The molecular formula is C21H30N4O4. The van der Waals surface area contributed by atoms with Crippen molar-refractivity contribution in [1.29, 1.82) is 0 Å². The molecule has 0 aromatic carbocycles. The SMILES string of the molecule is Cc1cc(N2CCN(C(=O)CCC3(CCC(=O)O)CCC(=O)N3)CC2)cc(C)n1. The molecule has 0 spiro atoms. The fourth-order valence-corrected chi connectivity index (χ4v) is 4.33. The van der Waals surface area contributed by atoms with Crippen molar-refractivity contribution in [3.63, 3.8) is 0 Å². The lowest BCUT2D eigenvalue weighted by Gasteiger charge is -2.37. The fraction of sp³-hybridized carbons (Fsp3) is 0.619. The number of amides is 2. The van der Waals surface area contributed by atoms with Crippen molar-refractivity contribution >= 4 is 23.5 Å². The second kappa shape index (κ2) is 8.80. The van der Waals surface area contributed by atoms with E-state index in [-0.39, 0.29) is 18.2 Å². The maximum atomic E-state index is 12.7. The first kappa shape index (κ1) is 21.1. The van der Waals surface area contributed by atoms with Crippen molar-refractivity contribution in [2.75, 3.05) is 31.1 Å². The van der Waals surface area contributed by atoms with Gasteiger partial charge in [-0.3, -0.25) is 19.4 Å². The Kier molecular flexibility index (Phi) is 6.39. The van der Waals surface area contributed by atoms with E-state index >= 15 is 0 Å². The lowest BCUT2D eigenvalue weighted by Crippen LogP contribution is -2.49. The van der Waals surface area contributed by atoms with Crippen LogP contribution in [-0.2, 0) is 14.4 Å². The molecule has 1 unspecified atom stereocenters. The zero-order chi connectivity index (χ0) is 21.0. The van der Waals surface area contributed by atoms with E-state index in [1.165, 1.54) is 0 Å². The van der Waals surface area contributed by atoms with Gasteiger partial charge in [0.1, 0.15) is 0 Å². The molecular weight excluding hydrogens is 372 g/mol. The van der Waals surface area contributed by atoms with Crippen LogP contribution in [0.5, 0.6) is 0 Å². The molecule has 2 amide bonds. The number of carbonyl (C=O) groups excluding carboxylic acids is 2. The quantitative estimate of drug-likeness (QED) is 0.719. The molecule has 0 bridgehead atoms. The van der Waals surface area contributed by atoms with Crippen LogP contribution in [0.15, 0.2) is 12.1 Å². The second-order valence-electron chi connectivity index (χ2n) is 8.20. The molecule has 158 valence electrons. The lowest BCUT2D eigenvalue weighted by atomic mass is 9.86. The molecule has 0 aliphatic carbocycles. The minimum atomic E-state index is -0.880. The number of hydrogen-bond acceptors (Lipinski definition) is 5. The highest BCUT2D eigenvalue weighted by atomic mass is 16.4. The summed E-state index contributed by atoms with van der Waals surface area (Å²) in [7, 11) is 0. The van der Waals surface area contributed by atoms with Gasteiger partial charge in [0.2, 0.25) is 11.8 Å². The van der Waals surface area contributed by atoms with E-state index in [0.29, 0.717) is 45.2 Å². The fourth-order valence-electron chi connectivity index (χ4n) is 4.33. The third-order valence-electron chi connectivity index (χ3n) is 5.93. The van der Waals surface area contributed by atoms with Gasteiger partial charge in [-0.2, -0.15) is 0 Å². The Bertz CT molecular complexity index is 769. The van der Waals surface area contributed by atoms with Gasteiger partial charge in [0.05, 0.1) is 0 Å². The van der Waals surface area contributed by atoms with Crippen molar-refractivity contribution < 1.29 is 19.5 Å². The summed E-state index contributed by atoms with van der Waals surface area (Å²) < 4.78 is 0. The van der Waals surface area contributed by atoms with Gasteiger partial charge >= 0.3 is 5.97 Å². The second-order valence-corrected chi connectivity index (χ2v) is 8.20. The van der Waals surface area contributed by atoms with E-state index in [0.717, 1.165) is 30.2 Å². The summed E-state index contributed by atoms with van der Waals surface area (Å²) in [6.07, 6.45) is 2.19. The number of aliphatic carboxylic acids is 1. The third-order valence-corrected chi connectivity index (χ3v) is 5.93. The summed E-state index contributed by atoms with van der Waals surface area (Å²) in [5.41, 5.74) is 2.56. The molecule has 2 aliphatic rings. The average Bonchev–Trinajstić information content (AvgIpc) is 3.05. The number of carboxylic acid groups (broad SMARTS) is 1. The Morgan fingerprint density at radius 2 is 1.72 bits per heavy atom. The average molecular weight is 402 g/mol. The van der Waals surface area contributed by atoms with Gasteiger partial charge in [-0.15, -0.1) is 0 Å². The molecule has 0 saturated carbocycles. The summed E-state index contributed by atoms with van der Waals surface area (Å²) in [5, 5.41) is 11.9. The molecule has 1 aromatic rings. The summed E-state index contributed by atoms with van der Waals surface area (Å²) in [4.78, 5) is 44.0. The van der Waals surface area contributed by atoms with Crippen molar-refractivity contribution in [2.24, 2.45) is 0 Å². The Morgan fingerprint density at radius 1 is 1.10 bits per heavy atom. The molecule has 8 heteroatoms. The first-order valence-electron chi connectivity index (χ1n) is 10.3. The minimum absolute atomic E-state index is 0.00207. The highest BCUT2D eigenvalue weighted by Gasteiger charge is 2.38. The van der Waals surface area contributed by atoms with Gasteiger partial charge in [0.15, 0.2) is 0 Å². The summed E-state index contributed by atoms with van der Waals surface area (Å²) >= 11 is 0. The van der Waals surface area contributed by atoms with Gasteiger partial charge in [-0.1, -0.05) is 0 Å². The van der Waals surface area contributed by atoms with Gasteiger partial charge in [-0.05, 0) is 45.2 Å². The molecule has 29 heavy (non-hydrogen) atoms. The number of nitrogens with zero attached hydrogens (tertiary/aromatic N) is 3. The number of nitrogens with one attached hydrogen (secondary N) is 1. The Labute approximate surface area is 171 Å². The molecule has 1 atom stereocenters. The van der Waals surface area contributed by atoms with Crippen LogP contribution in [0.25, 0.3) is 0 Å². The predicted molar refractivity (Wildman–Crippen MR) is 109 cm³/mol. The Hall–Kier alpha value is -2.64. The first-order valence-corrected chi connectivity index (χ1v) is 10.3. The molecule has 2 aliphatic heterocycles. The standard InChI is InChI=1S/C21H30N4O4/c1-15-13-17(14-16(2)22-15)24-9-11-25(12-10-24)19(27)4-7-21(8-5-20(28)29)6-3-18(26)23-21/h13-14H,3-12H2,1-2H3,(H,23,26)(H,28,29). The number of aryl methyl sites for hydroxylation is 2. The highest BCUT2D eigenvalue weighted by Crippen LogP contribution is 2.30. The number of carboxylic acids is 1. The van der Waals surface area contributed by atoms with Crippen LogP contribution in [0.3, 0.4) is 0 Å². The molecule has 8 nitrogen and oxygen atoms in total. The number of piperazine rings is 1. The molecule has 2 fully saturated rings. The number of carbonyl (C=O) groups is 3. The number of rotatable bonds is 7. The van der Waals surface area contributed by atoms with Gasteiger partial charge in [-0.25, -0.2) is 0 Å². The molecule has 1 aromatic heterocycles. The van der Waals surface area contributed by atoms with E-state index < -0.39 is 11.5 Å². The monoisotopic (exact) mass is 402 g/mol. The first-order chi connectivity index (χ1) is 13.8. The lowest BCUT2D eigenvalue weighted by molar-refractivity contribution is -0.137. The van der Waals surface area contributed by atoms with Crippen LogP contribution in [0.4, 0.5) is 5.69 Å². The maximum absolute atomic E-state index is 12.7. The Balaban J connectivity index is 1.52. The van der Waals surface area contributed by atoms with E-state index in [1.54, 1.807) is 0 Å². The molecule has 3 rings (SSSR count). The van der Waals surface area contributed by atoms with Crippen LogP contribution in [-0.4, -0.2) is 64.5 Å². The largest absolute Gasteiger partial charge is 0.481 e. The van der Waals surface area contributed by atoms with Crippen LogP contribution in [0, 0.1) is 13.8 Å². The van der Waals surface area contributed by atoms with Crippen molar-refractivity contribution in [2.45, 2.75) is 57.9 Å². The zero-order valence-electron chi connectivity index (χ0n) is 17.2. The smallest absolute Gasteiger partial charge is 0.303 e. The molecule has 0 radical (unpaired) electrons. The molecule has 2 N–H and O–H groups in total. The zero-order valence-corrected chi connectivity index (χ0v) is 17.2. The van der Waals surface area contributed by atoms with Crippen molar-refractivity contribution in [1.82, 2.24) is 15.2 Å². The van der Waals surface area contributed by atoms with E-state index in [4.69, 9.17) is 5.11 Å². The minimum Gasteiger partial charge on any atom is -0.481 e. The number of aromatic nitrogens is 1. The van der Waals surface area contributed by atoms with E-state index in [1.807, 2.05) is 18.7 Å². The van der Waals surface area contributed by atoms with Crippen LogP contribution in [0.2, 0.25) is 0 Å². The predicted octanol–water partition coefficient (Wildman–Crippen LogP) is 1.64. The normalized spacial score (nSPS) is 21.9. The summed E-state index contributed by atoms with van der Waals surface area (Å²) in [6.45, 7) is 6.84. The molecule has 3 heterocycles. The summed E-state index contributed by atoms with van der Waals surface area (Å²) in [5.74, 6) is -0.864. The topological polar surface area (TPSA) is 103 Å². The number of pyridine rings is 1.